The number of amides is 1. The molecule has 1 atom stereocenters. The molecule has 2 aromatic rings. The third-order valence-corrected chi connectivity index (χ3v) is 5.42. The van der Waals surface area contributed by atoms with E-state index < -0.39 is 5.60 Å². The van der Waals surface area contributed by atoms with E-state index in [1.807, 2.05) is 50.7 Å². The van der Waals surface area contributed by atoms with Gasteiger partial charge in [-0.2, -0.15) is 0 Å². The molecule has 0 saturated carbocycles. The van der Waals surface area contributed by atoms with Crippen molar-refractivity contribution in [3.05, 3.63) is 40.6 Å². The average molecular weight is 370 g/mol. The number of rotatable bonds is 3. The van der Waals surface area contributed by atoms with Crippen molar-refractivity contribution in [1.82, 2.24) is 14.8 Å². The second kappa shape index (κ2) is 7.56. The molecule has 27 heavy (non-hydrogen) atoms. The number of aryl methyl sites for hydroxylation is 3. The van der Waals surface area contributed by atoms with Gasteiger partial charge in [-0.1, -0.05) is 11.6 Å². The van der Waals surface area contributed by atoms with Crippen LogP contribution in [0.4, 0.5) is 0 Å². The summed E-state index contributed by atoms with van der Waals surface area (Å²) in [6.07, 6.45) is 2.15. The van der Waals surface area contributed by atoms with E-state index in [2.05, 4.69) is 17.1 Å². The topological polar surface area (TPSA) is 56.7 Å². The second-order valence-corrected chi connectivity index (χ2v) is 8.40. The number of fused-ring (bicyclic) bond motifs is 1. The number of aromatic nitrogens is 1. The molecule has 1 saturated heterocycles. The number of likely N-dealkylation sites (tertiary alicyclic amines) is 1. The Hall–Kier alpha value is -1.98. The van der Waals surface area contributed by atoms with E-state index >= 15 is 0 Å². The van der Waals surface area contributed by atoms with Crippen LogP contribution in [0, 0.1) is 20.8 Å². The number of nitrogens with zero attached hydrogens (tertiary/aromatic N) is 3. The van der Waals surface area contributed by atoms with Crippen molar-refractivity contribution >= 4 is 16.8 Å². The first-order valence-corrected chi connectivity index (χ1v) is 9.73. The molecule has 2 heterocycles. The Balaban J connectivity index is 1.92. The highest BCUT2D eigenvalue weighted by molar-refractivity contribution is 6.07. The Kier molecular flexibility index (Phi) is 5.54. The van der Waals surface area contributed by atoms with E-state index in [1.165, 1.54) is 0 Å². The van der Waals surface area contributed by atoms with E-state index in [4.69, 9.17) is 0 Å². The van der Waals surface area contributed by atoms with Gasteiger partial charge in [-0.15, -0.1) is 0 Å². The fourth-order valence-corrected chi connectivity index (χ4v) is 4.28. The highest BCUT2D eigenvalue weighted by atomic mass is 16.3. The average Bonchev–Trinajstić information content (AvgIpc) is 2.75. The van der Waals surface area contributed by atoms with Gasteiger partial charge in [0, 0.05) is 30.7 Å². The molecule has 1 aliphatic rings. The molecule has 146 valence electrons. The molecule has 0 spiro atoms. The van der Waals surface area contributed by atoms with Gasteiger partial charge in [-0.3, -0.25) is 9.78 Å². The summed E-state index contributed by atoms with van der Waals surface area (Å²) in [4.78, 5) is 22.0. The summed E-state index contributed by atoms with van der Waals surface area (Å²) in [5.74, 6) is 0.0459. The van der Waals surface area contributed by atoms with Crippen LogP contribution in [-0.4, -0.2) is 65.1 Å². The molecule has 5 heteroatoms. The highest BCUT2D eigenvalue weighted by Gasteiger charge is 2.32. The molecule has 1 aliphatic heterocycles. The zero-order valence-corrected chi connectivity index (χ0v) is 17.2. The van der Waals surface area contributed by atoms with Crippen molar-refractivity contribution in [2.75, 3.05) is 33.7 Å². The molecular weight excluding hydrogens is 338 g/mol. The minimum atomic E-state index is -0.720. The number of carbonyl (C=O) groups is 1. The fourth-order valence-electron chi connectivity index (χ4n) is 4.28. The zero-order valence-electron chi connectivity index (χ0n) is 17.2. The van der Waals surface area contributed by atoms with Crippen molar-refractivity contribution in [2.24, 2.45) is 0 Å². The normalized spacial score (nSPS) is 20.9. The molecular formula is C22H31N3O2. The van der Waals surface area contributed by atoms with Crippen molar-refractivity contribution in [3.63, 3.8) is 0 Å². The van der Waals surface area contributed by atoms with Gasteiger partial charge >= 0.3 is 0 Å². The Morgan fingerprint density at radius 3 is 2.63 bits per heavy atom. The van der Waals surface area contributed by atoms with Crippen LogP contribution in [0.3, 0.4) is 0 Å². The number of carbonyl (C=O) groups excluding carboxylic acids is 1. The van der Waals surface area contributed by atoms with Crippen LogP contribution >= 0.6 is 0 Å². The fraction of sp³-hybridized carbons (Fsp3) is 0.545. The van der Waals surface area contributed by atoms with Crippen molar-refractivity contribution in [2.45, 2.75) is 45.6 Å². The smallest absolute Gasteiger partial charge is 0.254 e. The maximum atomic E-state index is 13.4. The second-order valence-electron chi connectivity index (χ2n) is 8.40. The van der Waals surface area contributed by atoms with Gasteiger partial charge in [0.15, 0.2) is 0 Å². The van der Waals surface area contributed by atoms with Gasteiger partial charge in [0.05, 0.1) is 16.7 Å². The largest absolute Gasteiger partial charge is 0.388 e. The van der Waals surface area contributed by atoms with Crippen LogP contribution in [0.25, 0.3) is 10.9 Å². The van der Waals surface area contributed by atoms with E-state index in [9.17, 15) is 9.90 Å². The first kappa shape index (κ1) is 19.8. The first-order valence-electron chi connectivity index (χ1n) is 9.73. The summed E-state index contributed by atoms with van der Waals surface area (Å²) >= 11 is 0. The summed E-state index contributed by atoms with van der Waals surface area (Å²) < 4.78 is 0. The summed E-state index contributed by atoms with van der Waals surface area (Å²) in [6, 6.07) is 6.07. The third-order valence-electron chi connectivity index (χ3n) is 5.42. The molecule has 1 N–H and O–H groups in total. The lowest BCUT2D eigenvalue weighted by atomic mass is 9.94. The van der Waals surface area contributed by atoms with Gasteiger partial charge in [-0.05, 0) is 71.8 Å². The Morgan fingerprint density at radius 2 is 1.93 bits per heavy atom. The van der Waals surface area contributed by atoms with Crippen LogP contribution in [0.15, 0.2) is 18.2 Å². The van der Waals surface area contributed by atoms with Crippen LogP contribution in [0.5, 0.6) is 0 Å². The van der Waals surface area contributed by atoms with Crippen molar-refractivity contribution in [1.29, 1.82) is 0 Å². The minimum Gasteiger partial charge on any atom is -0.388 e. The van der Waals surface area contributed by atoms with Crippen LogP contribution < -0.4 is 0 Å². The zero-order chi connectivity index (χ0) is 19.8. The summed E-state index contributed by atoms with van der Waals surface area (Å²) in [7, 11) is 3.95. The van der Waals surface area contributed by atoms with E-state index in [0.29, 0.717) is 26.1 Å². The SMILES string of the molecule is Cc1cc(C)c2nc(C)cc(C(=O)N3CCC[C@](O)(CN(C)C)CC3)c2c1. The van der Waals surface area contributed by atoms with Crippen LogP contribution in [0.1, 0.15) is 46.4 Å². The number of aliphatic hydroxyl groups is 1. The molecule has 5 nitrogen and oxygen atoms in total. The number of likely N-dealkylation sites (N-methyl/N-ethyl adjacent to an activating group) is 1. The van der Waals surface area contributed by atoms with Gasteiger partial charge < -0.3 is 14.9 Å². The standard InChI is InChI=1S/C22H31N3O2/c1-15-11-16(2)20-18(12-15)19(13-17(3)23-20)21(26)25-9-6-7-22(27,8-10-25)14-24(4)5/h11-13,27H,6-10,14H2,1-5H3/t22-/m1/s1. The molecule has 3 rings (SSSR count). The first-order chi connectivity index (χ1) is 12.7. The number of hydrogen-bond acceptors (Lipinski definition) is 4. The number of benzene rings is 1. The molecule has 0 aliphatic carbocycles. The van der Waals surface area contributed by atoms with E-state index in [1.54, 1.807) is 0 Å². The molecule has 0 unspecified atom stereocenters. The maximum Gasteiger partial charge on any atom is 0.254 e. The molecule has 1 aromatic carbocycles. The Morgan fingerprint density at radius 1 is 1.19 bits per heavy atom. The predicted octanol–water partition coefficient (Wildman–Crippen LogP) is 3.08. The van der Waals surface area contributed by atoms with Gasteiger partial charge in [-0.25, -0.2) is 0 Å². The monoisotopic (exact) mass is 369 g/mol. The lowest BCUT2D eigenvalue weighted by molar-refractivity contribution is 0.00305. The summed E-state index contributed by atoms with van der Waals surface area (Å²) in [5.41, 5.74) is 4.00. The molecule has 0 radical (unpaired) electrons. The van der Waals surface area contributed by atoms with E-state index in [-0.39, 0.29) is 5.91 Å². The lowest BCUT2D eigenvalue weighted by Gasteiger charge is -2.30. The van der Waals surface area contributed by atoms with E-state index in [0.717, 1.165) is 46.1 Å². The van der Waals surface area contributed by atoms with Gasteiger partial charge in [0.1, 0.15) is 0 Å². The molecule has 0 bridgehead atoms. The summed E-state index contributed by atoms with van der Waals surface area (Å²) in [6.45, 7) is 7.93. The lowest BCUT2D eigenvalue weighted by Crippen LogP contribution is -2.41. The Labute approximate surface area is 162 Å². The minimum absolute atomic E-state index is 0.0459. The molecule has 1 amide bonds. The Bertz CT molecular complexity index is 862. The quantitative estimate of drug-likeness (QED) is 0.903. The number of hydrogen-bond donors (Lipinski definition) is 1. The highest BCUT2D eigenvalue weighted by Crippen LogP contribution is 2.27. The third kappa shape index (κ3) is 4.30. The summed E-state index contributed by atoms with van der Waals surface area (Å²) in [5, 5.41) is 11.8. The van der Waals surface area contributed by atoms with Gasteiger partial charge in [0.2, 0.25) is 0 Å². The van der Waals surface area contributed by atoms with Crippen molar-refractivity contribution in [3.8, 4) is 0 Å². The predicted molar refractivity (Wildman–Crippen MR) is 109 cm³/mol. The maximum absolute atomic E-state index is 13.4. The van der Waals surface area contributed by atoms with Crippen LogP contribution in [-0.2, 0) is 0 Å². The molecule has 1 fully saturated rings. The van der Waals surface area contributed by atoms with Gasteiger partial charge in [0.25, 0.3) is 5.91 Å². The molecule has 1 aromatic heterocycles. The van der Waals surface area contributed by atoms with Crippen molar-refractivity contribution < 1.29 is 9.90 Å². The number of pyridine rings is 1. The van der Waals surface area contributed by atoms with Crippen LogP contribution in [0.2, 0.25) is 0 Å².